The van der Waals surface area contributed by atoms with E-state index in [9.17, 15) is 4.79 Å². The van der Waals surface area contributed by atoms with Gasteiger partial charge >= 0.3 is 0 Å². The van der Waals surface area contributed by atoms with Crippen LogP contribution in [0.5, 0.6) is 0 Å². The molecular weight excluding hydrogens is 276 g/mol. The molecule has 20 heavy (non-hydrogen) atoms. The summed E-state index contributed by atoms with van der Waals surface area (Å²) in [5, 5.41) is 9.50. The fraction of sp³-hybridized carbons (Fsp3) is 0.533. The van der Waals surface area contributed by atoms with Crippen molar-refractivity contribution in [1.29, 1.82) is 0 Å². The van der Waals surface area contributed by atoms with Crippen LogP contribution in [0.15, 0.2) is 24.3 Å². The van der Waals surface area contributed by atoms with E-state index in [1.165, 1.54) is 0 Å². The number of benzene rings is 1. The Kier molecular flexibility index (Phi) is 5.98. The number of rotatable bonds is 6. The van der Waals surface area contributed by atoms with Gasteiger partial charge in [-0.15, -0.1) is 0 Å². The van der Waals surface area contributed by atoms with Crippen LogP contribution in [0, 0.1) is 0 Å². The number of piperazine rings is 1. The average Bonchev–Trinajstić information content (AvgIpc) is 2.46. The van der Waals surface area contributed by atoms with Crippen molar-refractivity contribution in [3.63, 3.8) is 0 Å². The molecule has 0 aliphatic carbocycles. The molecule has 5 heteroatoms. The number of aliphatic hydroxyl groups is 1. The molecule has 1 heterocycles. The minimum Gasteiger partial charge on any atom is -0.395 e. The van der Waals surface area contributed by atoms with Crippen LogP contribution >= 0.6 is 11.6 Å². The van der Waals surface area contributed by atoms with Crippen molar-refractivity contribution in [2.45, 2.75) is 6.42 Å². The molecule has 0 unspecified atom stereocenters. The van der Waals surface area contributed by atoms with Gasteiger partial charge in [0.1, 0.15) is 0 Å². The first kappa shape index (κ1) is 15.4. The van der Waals surface area contributed by atoms with Gasteiger partial charge in [-0.05, 0) is 12.1 Å². The Morgan fingerprint density at radius 2 is 1.80 bits per heavy atom. The molecule has 0 spiro atoms. The van der Waals surface area contributed by atoms with E-state index in [0.29, 0.717) is 17.0 Å². The van der Waals surface area contributed by atoms with Gasteiger partial charge in [-0.2, -0.15) is 0 Å². The average molecular weight is 297 g/mol. The lowest BCUT2D eigenvalue weighted by molar-refractivity contribution is 0.0907. The van der Waals surface area contributed by atoms with Crippen LogP contribution in [0.3, 0.4) is 0 Å². The number of ketones is 1. The Hall–Kier alpha value is -0.940. The first-order valence-corrected chi connectivity index (χ1v) is 7.41. The molecule has 0 bridgehead atoms. The summed E-state index contributed by atoms with van der Waals surface area (Å²) in [5.41, 5.74) is 0.691. The Morgan fingerprint density at radius 1 is 1.15 bits per heavy atom. The van der Waals surface area contributed by atoms with E-state index in [0.717, 1.165) is 39.3 Å². The van der Waals surface area contributed by atoms with Crippen molar-refractivity contribution in [1.82, 2.24) is 9.80 Å². The fourth-order valence-corrected chi connectivity index (χ4v) is 2.63. The third-order valence-corrected chi connectivity index (χ3v) is 3.92. The minimum atomic E-state index is 0.144. The summed E-state index contributed by atoms with van der Waals surface area (Å²) in [4.78, 5) is 16.6. The van der Waals surface area contributed by atoms with E-state index in [1.54, 1.807) is 12.1 Å². The predicted octanol–water partition coefficient (Wildman–Crippen LogP) is 1.52. The van der Waals surface area contributed by atoms with E-state index < -0.39 is 0 Å². The molecule has 110 valence electrons. The lowest BCUT2D eigenvalue weighted by Crippen LogP contribution is -2.47. The molecule has 1 aliphatic heterocycles. The van der Waals surface area contributed by atoms with Gasteiger partial charge in [0.15, 0.2) is 5.78 Å². The van der Waals surface area contributed by atoms with Crippen molar-refractivity contribution >= 4 is 17.4 Å². The molecule has 1 aromatic rings. The number of β-amino-alcohol motifs (C(OH)–C–C–N with tert-alkyl or cyclic N) is 1. The zero-order chi connectivity index (χ0) is 14.4. The number of aliphatic hydroxyl groups excluding tert-OH is 1. The highest BCUT2D eigenvalue weighted by Gasteiger charge is 2.17. The molecule has 0 aromatic heterocycles. The van der Waals surface area contributed by atoms with Gasteiger partial charge in [0.05, 0.1) is 6.61 Å². The quantitative estimate of drug-likeness (QED) is 0.809. The molecule has 4 nitrogen and oxygen atoms in total. The molecule has 1 aliphatic rings. The summed E-state index contributed by atoms with van der Waals surface area (Å²) in [6, 6.07) is 7.12. The third kappa shape index (κ3) is 4.56. The van der Waals surface area contributed by atoms with Crippen molar-refractivity contribution in [2.24, 2.45) is 0 Å². The lowest BCUT2D eigenvalue weighted by atomic mass is 10.1. The van der Waals surface area contributed by atoms with E-state index in [1.807, 2.05) is 12.1 Å². The van der Waals surface area contributed by atoms with Gasteiger partial charge in [0.25, 0.3) is 0 Å². The van der Waals surface area contributed by atoms with Crippen molar-refractivity contribution in [3.05, 3.63) is 34.9 Å². The van der Waals surface area contributed by atoms with Crippen LogP contribution < -0.4 is 0 Å². The number of carbonyl (C=O) groups excluding carboxylic acids is 1. The van der Waals surface area contributed by atoms with Crippen LogP contribution in [0.2, 0.25) is 5.02 Å². The maximum absolute atomic E-state index is 12.1. The number of carbonyl (C=O) groups is 1. The molecule has 0 saturated carbocycles. The lowest BCUT2D eigenvalue weighted by Gasteiger charge is -2.34. The largest absolute Gasteiger partial charge is 0.395 e. The smallest absolute Gasteiger partial charge is 0.164 e. The van der Waals surface area contributed by atoms with Crippen LogP contribution in [-0.2, 0) is 0 Å². The number of nitrogens with zero attached hydrogens (tertiary/aromatic N) is 2. The fourth-order valence-electron chi connectivity index (χ4n) is 2.44. The van der Waals surface area contributed by atoms with Gasteiger partial charge in [-0.25, -0.2) is 0 Å². The minimum absolute atomic E-state index is 0.144. The third-order valence-electron chi connectivity index (χ3n) is 3.68. The summed E-state index contributed by atoms with van der Waals surface area (Å²) in [7, 11) is 0. The molecule has 0 atom stereocenters. The van der Waals surface area contributed by atoms with Gasteiger partial charge in [0.2, 0.25) is 0 Å². The predicted molar refractivity (Wildman–Crippen MR) is 80.4 cm³/mol. The van der Waals surface area contributed by atoms with E-state index in [4.69, 9.17) is 16.7 Å². The highest BCUT2D eigenvalue weighted by molar-refractivity contribution is 6.31. The maximum Gasteiger partial charge on any atom is 0.164 e. The first-order valence-electron chi connectivity index (χ1n) is 7.03. The summed E-state index contributed by atoms with van der Waals surface area (Å²) in [5.74, 6) is 0.144. The highest BCUT2D eigenvalue weighted by Crippen LogP contribution is 2.13. The zero-order valence-corrected chi connectivity index (χ0v) is 12.4. The molecule has 1 N–H and O–H groups in total. The second-order valence-corrected chi connectivity index (χ2v) is 5.53. The number of hydrogen-bond acceptors (Lipinski definition) is 4. The molecule has 1 saturated heterocycles. The van der Waals surface area contributed by atoms with Crippen LogP contribution in [0.25, 0.3) is 0 Å². The highest BCUT2D eigenvalue weighted by atomic mass is 35.5. The Bertz CT molecular complexity index is 445. The number of Topliss-reactive ketones (excluding diaryl/α,β-unsaturated/α-hetero) is 1. The number of halogens is 1. The summed E-state index contributed by atoms with van der Waals surface area (Å²) < 4.78 is 0. The Morgan fingerprint density at radius 3 is 2.40 bits per heavy atom. The van der Waals surface area contributed by atoms with Crippen molar-refractivity contribution < 1.29 is 9.90 Å². The van der Waals surface area contributed by atoms with E-state index in [-0.39, 0.29) is 12.4 Å². The van der Waals surface area contributed by atoms with Crippen LogP contribution in [0.4, 0.5) is 0 Å². The van der Waals surface area contributed by atoms with Gasteiger partial charge in [-0.3, -0.25) is 9.69 Å². The second kappa shape index (κ2) is 7.74. The summed E-state index contributed by atoms with van der Waals surface area (Å²) in [6.45, 7) is 5.60. The molecule has 0 amide bonds. The SMILES string of the molecule is O=C(CCN1CCN(CCO)CC1)c1cccc(Cl)c1. The molecule has 1 aromatic carbocycles. The monoisotopic (exact) mass is 296 g/mol. The van der Waals surface area contributed by atoms with Gasteiger partial charge in [0, 0.05) is 56.3 Å². The second-order valence-electron chi connectivity index (χ2n) is 5.09. The van der Waals surface area contributed by atoms with E-state index >= 15 is 0 Å². The molecular formula is C15H21ClN2O2. The Balaban J connectivity index is 1.74. The topological polar surface area (TPSA) is 43.8 Å². The van der Waals surface area contributed by atoms with Crippen molar-refractivity contribution in [3.8, 4) is 0 Å². The molecule has 1 fully saturated rings. The zero-order valence-electron chi connectivity index (χ0n) is 11.6. The molecule has 2 rings (SSSR count). The van der Waals surface area contributed by atoms with Crippen molar-refractivity contribution in [2.75, 3.05) is 45.9 Å². The summed E-state index contributed by atoms with van der Waals surface area (Å²) in [6.07, 6.45) is 0.528. The van der Waals surface area contributed by atoms with Gasteiger partial charge < -0.3 is 10.0 Å². The Labute approximate surface area is 124 Å². The van der Waals surface area contributed by atoms with Gasteiger partial charge in [-0.1, -0.05) is 23.7 Å². The van der Waals surface area contributed by atoms with E-state index in [2.05, 4.69) is 9.80 Å². The maximum atomic E-state index is 12.1. The number of hydrogen-bond donors (Lipinski definition) is 1. The summed E-state index contributed by atoms with van der Waals surface area (Å²) >= 11 is 5.89. The standard InChI is InChI=1S/C15H21ClN2O2/c16-14-3-1-2-13(12-14)15(20)4-5-17-6-8-18(9-7-17)10-11-19/h1-3,12,19H,4-11H2. The first-order chi connectivity index (χ1) is 9.69. The normalized spacial score (nSPS) is 17.3. The van der Waals surface area contributed by atoms with Crippen LogP contribution in [-0.4, -0.2) is 66.6 Å². The molecule has 0 radical (unpaired) electrons. The van der Waals surface area contributed by atoms with Crippen LogP contribution in [0.1, 0.15) is 16.8 Å².